The van der Waals surface area contributed by atoms with Crippen LogP contribution in [0.3, 0.4) is 0 Å². The molecule has 5 rings (SSSR count). The lowest BCUT2D eigenvalue weighted by Gasteiger charge is -2.32. The minimum Gasteiger partial charge on any atom is -0.336 e. The van der Waals surface area contributed by atoms with Crippen LogP contribution >= 0.6 is 0 Å². The molecule has 0 unspecified atom stereocenters. The molecule has 0 saturated carbocycles. The summed E-state index contributed by atoms with van der Waals surface area (Å²) in [6.07, 6.45) is 6.70. The average molecular weight is 406 g/mol. The first-order valence-electron chi connectivity index (χ1n) is 10.6. The Labute approximate surface area is 176 Å². The van der Waals surface area contributed by atoms with Gasteiger partial charge in [0.2, 0.25) is 0 Å². The van der Waals surface area contributed by atoms with Crippen LogP contribution in [0.1, 0.15) is 34.1 Å². The standard InChI is InChI=1S/C22H27N7O/c1-26-9-11-28(12-10-26)22(30)19-4-5-20-24-25-21(29(20)16-19)18-6-8-27(15-18)14-17-3-2-7-23-13-17/h2-5,7,13,16,18H,6,8-12,14-15H2,1H3/t18-/m1/s1. The van der Waals surface area contributed by atoms with Crippen molar-refractivity contribution in [2.24, 2.45) is 0 Å². The zero-order valence-corrected chi connectivity index (χ0v) is 17.3. The van der Waals surface area contributed by atoms with Gasteiger partial charge in [-0.05, 0) is 43.8 Å². The summed E-state index contributed by atoms with van der Waals surface area (Å²) < 4.78 is 2.02. The highest BCUT2D eigenvalue weighted by atomic mass is 16.2. The number of amides is 1. The highest BCUT2D eigenvalue weighted by Gasteiger charge is 2.28. The summed E-state index contributed by atoms with van der Waals surface area (Å²) in [6, 6.07) is 7.87. The lowest BCUT2D eigenvalue weighted by Crippen LogP contribution is -2.47. The Morgan fingerprint density at radius 2 is 1.97 bits per heavy atom. The van der Waals surface area contributed by atoms with E-state index in [2.05, 4.69) is 38.1 Å². The fourth-order valence-electron chi connectivity index (χ4n) is 4.44. The van der Waals surface area contributed by atoms with Crippen molar-refractivity contribution in [3.05, 3.63) is 59.8 Å². The first-order chi connectivity index (χ1) is 14.7. The van der Waals surface area contributed by atoms with E-state index in [0.29, 0.717) is 11.5 Å². The van der Waals surface area contributed by atoms with Crippen LogP contribution in [0.25, 0.3) is 5.65 Å². The Bertz CT molecular complexity index is 1030. The minimum atomic E-state index is 0.0919. The minimum absolute atomic E-state index is 0.0919. The highest BCUT2D eigenvalue weighted by molar-refractivity contribution is 5.94. The van der Waals surface area contributed by atoms with Crippen molar-refractivity contribution in [1.82, 2.24) is 34.3 Å². The van der Waals surface area contributed by atoms with Crippen LogP contribution in [-0.4, -0.2) is 86.5 Å². The van der Waals surface area contributed by atoms with Crippen LogP contribution < -0.4 is 0 Å². The number of rotatable bonds is 4. The fourth-order valence-corrected chi connectivity index (χ4v) is 4.44. The monoisotopic (exact) mass is 405 g/mol. The van der Waals surface area contributed by atoms with Gasteiger partial charge in [-0.15, -0.1) is 10.2 Å². The van der Waals surface area contributed by atoms with Crippen molar-refractivity contribution in [3.63, 3.8) is 0 Å². The Morgan fingerprint density at radius 3 is 2.77 bits per heavy atom. The molecule has 2 fully saturated rings. The molecule has 0 aliphatic carbocycles. The summed E-state index contributed by atoms with van der Waals surface area (Å²) in [5.74, 6) is 1.35. The van der Waals surface area contributed by atoms with Crippen LogP contribution in [-0.2, 0) is 6.54 Å². The van der Waals surface area contributed by atoms with Gasteiger partial charge in [-0.25, -0.2) is 0 Å². The van der Waals surface area contributed by atoms with Gasteiger partial charge >= 0.3 is 0 Å². The summed E-state index contributed by atoms with van der Waals surface area (Å²) in [4.78, 5) is 23.8. The van der Waals surface area contributed by atoms with E-state index in [0.717, 1.165) is 63.7 Å². The second-order valence-corrected chi connectivity index (χ2v) is 8.38. The van der Waals surface area contributed by atoms with E-state index in [4.69, 9.17) is 0 Å². The lowest BCUT2D eigenvalue weighted by molar-refractivity contribution is 0.0663. The summed E-state index contributed by atoms with van der Waals surface area (Å²) in [5.41, 5.74) is 2.73. The normalized spacial score (nSPS) is 20.8. The van der Waals surface area contributed by atoms with E-state index in [1.54, 1.807) is 6.20 Å². The van der Waals surface area contributed by atoms with Gasteiger partial charge in [0.15, 0.2) is 5.65 Å². The molecule has 2 saturated heterocycles. The van der Waals surface area contributed by atoms with Crippen LogP contribution in [0.4, 0.5) is 0 Å². The molecule has 0 aromatic carbocycles. The largest absolute Gasteiger partial charge is 0.336 e. The number of pyridine rings is 2. The van der Waals surface area contributed by atoms with Gasteiger partial charge in [0.05, 0.1) is 5.56 Å². The van der Waals surface area contributed by atoms with Gasteiger partial charge < -0.3 is 9.80 Å². The van der Waals surface area contributed by atoms with Crippen LogP contribution in [0, 0.1) is 0 Å². The second kappa shape index (κ2) is 8.12. The molecule has 2 aliphatic heterocycles. The molecule has 0 radical (unpaired) electrons. The fraction of sp³-hybridized carbons (Fsp3) is 0.455. The molecular weight excluding hydrogens is 378 g/mol. The number of carbonyl (C=O) groups is 1. The smallest absolute Gasteiger partial charge is 0.255 e. The van der Waals surface area contributed by atoms with Crippen molar-refractivity contribution < 1.29 is 4.79 Å². The highest BCUT2D eigenvalue weighted by Crippen LogP contribution is 2.27. The van der Waals surface area contributed by atoms with E-state index >= 15 is 0 Å². The van der Waals surface area contributed by atoms with Crippen LogP contribution in [0.15, 0.2) is 42.9 Å². The van der Waals surface area contributed by atoms with Gasteiger partial charge in [-0.2, -0.15) is 0 Å². The van der Waals surface area contributed by atoms with Crippen molar-refractivity contribution in [3.8, 4) is 0 Å². The predicted octanol–water partition coefficient (Wildman–Crippen LogP) is 1.50. The maximum atomic E-state index is 13.0. The van der Waals surface area contributed by atoms with Crippen LogP contribution in [0.2, 0.25) is 0 Å². The maximum Gasteiger partial charge on any atom is 0.255 e. The van der Waals surface area contributed by atoms with Gasteiger partial charge in [-0.1, -0.05) is 6.07 Å². The molecule has 30 heavy (non-hydrogen) atoms. The van der Waals surface area contributed by atoms with E-state index in [-0.39, 0.29) is 5.91 Å². The molecule has 8 nitrogen and oxygen atoms in total. The average Bonchev–Trinajstić information content (AvgIpc) is 3.40. The van der Waals surface area contributed by atoms with Crippen molar-refractivity contribution >= 4 is 11.6 Å². The van der Waals surface area contributed by atoms with E-state index in [9.17, 15) is 4.79 Å². The number of likely N-dealkylation sites (tertiary alicyclic amines) is 1. The molecule has 1 atom stereocenters. The lowest BCUT2D eigenvalue weighted by atomic mass is 10.1. The Kier molecular flexibility index (Phi) is 5.18. The Balaban J connectivity index is 1.33. The Morgan fingerprint density at radius 1 is 1.10 bits per heavy atom. The van der Waals surface area contributed by atoms with Gasteiger partial charge in [0, 0.05) is 63.8 Å². The molecule has 1 amide bonds. The first kappa shape index (κ1) is 19.1. The number of hydrogen-bond acceptors (Lipinski definition) is 6. The van der Waals surface area contributed by atoms with Gasteiger partial charge in [0.1, 0.15) is 5.82 Å². The summed E-state index contributed by atoms with van der Waals surface area (Å²) in [5, 5.41) is 8.83. The molecule has 5 heterocycles. The van der Waals surface area contributed by atoms with Crippen molar-refractivity contribution in [1.29, 1.82) is 0 Å². The number of carbonyl (C=O) groups excluding carboxylic acids is 1. The van der Waals surface area contributed by atoms with Gasteiger partial charge in [0.25, 0.3) is 5.91 Å². The van der Waals surface area contributed by atoms with Crippen LogP contribution in [0.5, 0.6) is 0 Å². The van der Waals surface area contributed by atoms with Crippen molar-refractivity contribution in [2.45, 2.75) is 18.9 Å². The number of hydrogen-bond donors (Lipinski definition) is 0. The topological polar surface area (TPSA) is 69.9 Å². The third kappa shape index (κ3) is 3.80. The van der Waals surface area contributed by atoms with Gasteiger partial charge in [-0.3, -0.25) is 19.1 Å². The number of piperazine rings is 1. The van der Waals surface area contributed by atoms with E-state index < -0.39 is 0 Å². The number of nitrogens with zero attached hydrogens (tertiary/aromatic N) is 7. The molecule has 3 aromatic rings. The summed E-state index contributed by atoms with van der Waals surface area (Å²) in [7, 11) is 2.09. The molecular formula is C22H27N7O. The first-order valence-corrected chi connectivity index (χ1v) is 10.6. The van der Waals surface area contributed by atoms with E-state index in [1.165, 1.54) is 5.56 Å². The molecule has 8 heteroatoms. The summed E-state index contributed by atoms with van der Waals surface area (Å²) in [6.45, 7) is 6.24. The van der Waals surface area contributed by atoms with E-state index in [1.807, 2.05) is 39.9 Å². The number of likely N-dealkylation sites (N-methyl/N-ethyl adjacent to an activating group) is 1. The molecule has 0 bridgehead atoms. The molecule has 0 N–H and O–H groups in total. The third-order valence-corrected chi connectivity index (χ3v) is 6.23. The second-order valence-electron chi connectivity index (χ2n) is 8.38. The molecule has 0 spiro atoms. The Hall–Kier alpha value is -2.84. The zero-order valence-electron chi connectivity index (χ0n) is 17.3. The number of fused-ring (bicyclic) bond motifs is 1. The maximum absolute atomic E-state index is 13.0. The quantitative estimate of drug-likeness (QED) is 0.655. The van der Waals surface area contributed by atoms with Crippen molar-refractivity contribution in [2.75, 3.05) is 46.3 Å². The third-order valence-electron chi connectivity index (χ3n) is 6.23. The molecule has 3 aromatic heterocycles. The number of aromatic nitrogens is 4. The molecule has 2 aliphatic rings. The molecule has 156 valence electrons. The SMILES string of the molecule is CN1CCN(C(=O)c2ccc3nnc([C@@H]4CCN(Cc5cccnc5)C4)n3c2)CC1. The summed E-state index contributed by atoms with van der Waals surface area (Å²) >= 11 is 0. The predicted molar refractivity (Wildman–Crippen MR) is 113 cm³/mol. The zero-order chi connectivity index (χ0) is 20.5.